The fraction of sp³-hybridized carbons (Fsp3) is 0.833. The molecule has 0 radical (unpaired) electrons. The van der Waals surface area contributed by atoms with Gasteiger partial charge in [-0.05, 0) is 12.3 Å². The Balaban J connectivity index is 2.68. The molecule has 1 aliphatic heterocycles. The fourth-order valence-electron chi connectivity index (χ4n) is 2.07. The van der Waals surface area contributed by atoms with Crippen molar-refractivity contribution in [3.63, 3.8) is 0 Å². The van der Waals surface area contributed by atoms with Gasteiger partial charge in [0.05, 0.1) is 6.67 Å². The molecule has 0 aromatic rings. The molecule has 0 atom stereocenters. The summed E-state index contributed by atoms with van der Waals surface area (Å²) >= 11 is 0. The average molecular weight is 226 g/mol. The lowest BCUT2D eigenvalue weighted by Crippen LogP contribution is -2.53. The van der Waals surface area contributed by atoms with Gasteiger partial charge in [0.25, 0.3) is 0 Å². The molecule has 1 saturated heterocycles. The quantitative estimate of drug-likeness (QED) is 0.731. The van der Waals surface area contributed by atoms with Gasteiger partial charge in [-0.3, -0.25) is 9.59 Å². The molecule has 0 unspecified atom stereocenters. The van der Waals surface area contributed by atoms with E-state index in [4.69, 9.17) is 0 Å². The summed E-state index contributed by atoms with van der Waals surface area (Å²) < 4.78 is 0. The van der Waals surface area contributed by atoms with E-state index < -0.39 is 0 Å². The van der Waals surface area contributed by atoms with Crippen molar-refractivity contribution in [2.45, 2.75) is 40.0 Å². The second-order valence-corrected chi connectivity index (χ2v) is 4.36. The van der Waals surface area contributed by atoms with Gasteiger partial charge in [0, 0.05) is 25.9 Å². The van der Waals surface area contributed by atoms with Gasteiger partial charge in [0.2, 0.25) is 11.8 Å². The zero-order valence-corrected chi connectivity index (χ0v) is 10.5. The molecule has 1 heterocycles. The van der Waals surface area contributed by atoms with Gasteiger partial charge in [0.15, 0.2) is 0 Å². The molecule has 1 rings (SSSR count). The SMILES string of the molecule is CCC(=O)N1CC(CC)CN(C(=O)CC)C1. The normalized spacial score (nSPS) is 17.7. The van der Waals surface area contributed by atoms with Crippen LogP contribution in [0.5, 0.6) is 0 Å². The molecule has 4 heteroatoms. The van der Waals surface area contributed by atoms with Crippen LogP contribution in [0.15, 0.2) is 0 Å². The smallest absolute Gasteiger partial charge is 0.223 e. The second kappa shape index (κ2) is 5.87. The van der Waals surface area contributed by atoms with Crippen LogP contribution in [0.3, 0.4) is 0 Å². The molecule has 1 fully saturated rings. The number of amides is 2. The summed E-state index contributed by atoms with van der Waals surface area (Å²) in [4.78, 5) is 27.0. The molecule has 4 nitrogen and oxygen atoms in total. The second-order valence-electron chi connectivity index (χ2n) is 4.36. The monoisotopic (exact) mass is 226 g/mol. The summed E-state index contributed by atoms with van der Waals surface area (Å²) in [6, 6.07) is 0. The van der Waals surface area contributed by atoms with Crippen LogP contribution in [0.4, 0.5) is 0 Å². The minimum atomic E-state index is 0.145. The van der Waals surface area contributed by atoms with Crippen LogP contribution in [0, 0.1) is 5.92 Å². The maximum absolute atomic E-state index is 11.7. The van der Waals surface area contributed by atoms with Crippen molar-refractivity contribution in [2.75, 3.05) is 19.8 Å². The van der Waals surface area contributed by atoms with E-state index in [-0.39, 0.29) is 11.8 Å². The molecule has 0 aromatic heterocycles. The van der Waals surface area contributed by atoms with E-state index in [1.807, 2.05) is 23.6 Å². The van der Waals surface area contributed by atoms with Crippen LogP contribution in [0.2, 0.25) is 0 Å². The van der Waals surface area contributed by atoms with E-state index in [2.05, 4.69) is 6.92 Å². The summed E-state index contributed by atoms with van der Waals surface area (Å²) in [6.07, 6.45) is 2.05. The van der Waals surface area contributed by atoms with Crippen LogP contribution in [-0.2, 0) is 9.59 Å². The Hall–Kier alpha value is -1.06. The molecule has 0 spiro atoms. The van der Waals surface area contributed by atoms with Crippen LogP contribution < -0.4 is 0 Å². The van der Waals surface area contributed by atoms with Gasteiger partial charge in [-0.25, -0.2) is 0 Å². The van der Waals surface area contributed by atoms with E-state index in [9.17, 15) is 9.59 Å². The minimum absolute atomic E-state index is 0.145. The highest BCUT2D eigenvalue weighted by Crippen LogP contribution is 2.16. The number of hydrogen-bond acceptors (Lipinski definition) is 2. The standard InChI is InChI=1S/C12H22N2O2/c1-4-10-7-13(11(15)5-2)9-14(8-10)12(16)6-3/h10H,4-9H2,1-3H3. The van der Waals surface area contributed by atoms with E-state index in [1.54, 1.807) is 0 Å². The zero-order valence-electron chi connectivity index (χ0n) is 10.5. The third-order valence-corrected chi connectivity index (χ3v) is 3.19. The third kappa shape index (κ3) is 2.97. The fourth-order valence-corrected chi connectivity index (χ4v) is 2.07. The summed E-state index contributed by atoms with van der Waals surface area (Å²) in [5.41, 5.74) is 0. The molecule has 2 amide bonds. The maximum Gasteiger partial charge on any atom is 0.223 e. The largest absolute Gasteiger partial charge is 0.325 e. The highest BCUT2D eigenvalue weighted by atomic mass is 16.2. The Morgan fingerprint density at radius 2 is 1.44 bits per heavy atom. The summed E-state index contributed by atoms with van der Waals surface area (Å²) in [6.45, 7) is 7.93. The first kappa shape index (κ1) is 13.0. The number of hydrogen-bond donors (Lipinski definition) is 0. The number of rotatable bonds is 3. The van der Waals surface area contributed by atoms with Crippen LogP contribution >= 0.6 is 0 Å². The lowest BCUT2D eigenvalue weighted by atomic mass is 10.0. The van der Waals surface area contributed by atoms with Crippen molar-refractivity contribution in [1.82, 2.24) is 9.80 Å². The molecular weight excluding hydrogens is 204 g/mol. The van der Waals surface area contributed by atoms with Crippen molar-refractivity contribution in [2.24, 2.45) is 5.92 Å². The van der Waals surface area contributed by atoms with Gasteiger partial charge >= 0.3 is 0 Å². The van der Waals surface area contributed by atoms with Crippen molar-refractivity contribution in [1.29, 1.82) is 0 Å². The van der Waals surface area contributed by atoms with E-state index >= 15 is 0 Å². The minimum Gasteiger partial charge on any atom is -0.325 e. The van der Waals surface area contributed by atoms with Crippen molar-refractivity contribution >= 4 is 11.8 Å². The molecule has 16 heavy (non-hydrogen) atoms. The Morgan fingerprint density at radius 3 is 1.75 bits per heavy atom. The molecule has 0 aliphatic carbocycles. The van der Waals surface area contributed by atoms with E-state index in [0.717, 1.165) is 19.5 Å². The Labute approximate surface area is 97.6 Å². The Morgan fingerprint density at radius 1 is 1.00 bits per heavy atom. The van der Waals surface area contributed by atoms with Crippen molar-refractivity contribution in [3.05, 3.63) is 0 Å². The molecule has 0 aromatic carbocycles. The number of carbonyl (C=O) groups excluding carboxylic acids is 2. The lowest BCUT2D eigenvalue weighted by Gasteiger charge is -2.40. The van der Waals surface area contributed by atoms with Gasteiger partial charge in [0.1, 0.15) is 0 Å². The maximum atomic E-state index is 11.7. The predicted octanol–water partition coefficient (Wildman–Crippen LogP) is 1.46. The number of carbonyl (C=O) groups is 2. The first-order valence-electron chi connectivity index (χ1n) is 6.17. The van der Waals surface area contributed by atoms with Crippen molar-refractivity contribution < 1.29 is 9.59 Å². The van der Waals surface area contributed by atoms with Crippen LogP contribution in [-0.4, -0.2) is 41.4 Å². The molecular formula is C12H22N2O2. The molecule has 0 bridgehead atoms. The highest BCUT2D eigenvalue weighted by molar-refractivity contribution is 5.79. The van der Waals surface area contributed by atoms with Crippen molar-refractivity contribution in [3.8, 4) is 0 Å². The Kier molecular flexibility index (Phi) is 4.77. The average Bonchev–Trinajstić information content (AvgIpc) is 2.35. The summed E-state index contributed by atoms with van der Waals surface area (Å²) in [5.74, 6) is 0.721. The first-order valence-corrected chi connectivity index (χ1v) is 6.17. The zero-order chi connectivity index (χ0) is 12.1. The topological polar surface area (TPSA) is 40.6 Å². The lowest BCUT2D eigenvalue weighted by molar-refractivity contribution is -0.144. The van der Waals surface area contributed by atoms with E-state index in [0.29, 0.717) is 25.4 Å². The van der Waals surface area contributed by atoms with Crippen LogP contribution in [0.1, 0.15) is 40.0 Å². The summed E-state index contributed by atoms with van der Waals surface area (Å²) in [7, 11) is 0. The van der Waals surface area contributed by atoms with E-state index in [1.165, 1.54) is 0 Å². The van der Waals surface area contributed by atoms with Crippen LogP contribution in [0.25, 0.3) is 0 Å². The Bertz CT molecular complexity index is 242. The summed E-state index contributed by atoms with van der Waals surface area (Å²) in [5, 5.41) is 0. The molecule has 0 saturated carbocycles. The highest BCUT2D eigenvalue weighted by Gasteiger charge is 2.28. The molecule has 1 aliphatic rings. The van der Waals surface area contributed by atoms with Gasteiger partial charge in [-0.2, -0.15) is 0 Å². The van der Waals surface area contributed by atoms with Gasteiger partial charge in [-0.15, -0.1) is 0 Å². The molecule has 92 valence electrons. The predicted molar refractivity (Wildman–Crippen MR) is 62.7 cm³/mol. The number of nitrogens with zero attached hydrogens (tertiary/aromatic N) is 2. The molecule has 0 N–H and O–H groups in total. The van der Waals surface area contributed by atoms with Gasteiger partial charge in [-0.1, -0.05) is 20.8 Å². The van der Waals surface area contributed by atoms with Gasteiger partial charge < -0.3 is 9.80 Å². The third-order valence-electron chi connectivity index (χ3n) is 3.19. The first-order chi connectivity index (χ1) is 7.62.